The van der Waals surface area contributed by atoms with Crippen molar-refractivity contribution in [2.24, 2.45) is 0 Å². The summed E-state index contributed by atoms with van der Waals surface area (Å²) in [6.45, 7) is 9.77. The fourth-order valence-electron chi connectivity index (χ4n) is 6.65. The van der Waals surface area contributed by atoms with Crippen LogP contribution >= 0.6 is 0 Å². The van der Waals surface area contributed by atoms with Gasteiger partial charge in [-0.3, -0.25) is 0 Å². The van der Waals surface area contributed by atoms with Crippen LogP contribution in [0.5, 0.6) is 5.75 Å². The molecular weight excluding hydrogens is 520 g/mol. The first-order valence-electron chi connectivity index (χ1n) is 15.0. The third-order valence-electron chi connectivity index (χ3n) is 8.99. The number of ether oxygens (including phenoxy) is 6. The van der Waals surface area contributed by atoms with Crippen LogP contribution in [0.25, 0.3) is 0 Å². The summed E-state index contributed by atoms with van der Waals surface area (Å²) in [4.78, 5) is 0. The molecule has 0 saturated carbocycles. The molecule has 2 aromatic carbocycles. The zero-order valence-electron chi connectivity index (χ0n) is 24.7. The molecule has 7 nitrogen and oxygen atoms in total. The third kappa shape index (κ3) is 7.04. The molecule has 3 aliphatic heterocycles. The average molecular weight is 567 g/mol. The zero-order valence-corrected chi connectivity index (χ0v) is 24.7. The molecule has 1 N–H and O–H groups in total. The van der Waals surface area contributed by atoms with Crippen molar-refractivity contribution >= 4 is 0 Å². The normalized spacial score (nSPS) is 34.8. The number of benzene rings is 2. The molecule has 0 spiro atoms. The highest BCUT2D eigenvalue weighted by Crippen LogP contribution is 2.50. The molecule has 2 aromatic rings. The number of hydrogen-bond acceptors (Lipinski definition) is 7. The van der Waals surface area contributed by atoms with E-state index in [1.165, 1.54) is 5.56 Å². The summed E-state index contributed by atoms with van der Waals surface area (Å²) in [5, 5.41) is 10.9. The lowest BCUT2D eigenvalue weighted by atomic mass is 9.73. The van der Waals surface area contributed by atoms with Gasteiger partial charge in [0.15, 0.2) is 0 Å². The van der Waals surface area contributed by atoms with Crippen molar-refractivity contribution in [2.45, 2.75) is 113 Å². The van der Waals surface area contributed by atoms with E-state index >= 15 is 0 Å². The number of fused-ring (bicyclic) bond motifs is 2. The Morgan fingerprint density at radius 1 is 0.976 bits per heavy atom. The number of methoxy groups -OCH3 is 1. The second kappa shape index (κ2) is 13.4. The summed E-state index contributed by atoms with van der Waals surface area (Å²) in [6, 6.07) is 18.2. The van der Waals surface area contributed by atoms with Crippen molar-refractivity contribution in [3.63, 3.8) is 0 Å². The van der Waals surface area contributed by atoms with Gasteiger partial charge in [-0.1, -0.05) is 48.5 Å². The van der Waals surface area contributed by atoms with Crippen molar-refractivity contribution in [1.29, 1.82) is 0 Å². The molecule has 0 unspecified atom stereocenters. The highest BCUT2D eigenvalue weighted by molar-refractivity contribution is 5.26. The van der Waals surface area contributed by atoms with Gasteiger partial charge < -0.3 is 33.5 Å². The molecular formula is C34H46O7. The van der Waals surface area contributed by atoms with E-state index in [9.17, 15) is 5.11 Å². The Morgan fingerprint density at radius 2 is 1.73 bits per heavy atom. The van der Waals surface area contributed by atoms with Gasteiger partial charge in [-0.2, -0.15) is 0 Å². The lowest BCUT2D eigenvalue weighted by Gasteiger charge is -2.60. The Labute approximate surface area is 244 Å². The molecule has 0 aliphatic carbocycles. The molecule has 0 radical (unpaired) electrons. The van der Waals surface area contributed by atoms with Gasteiger partial charge >= 0.3 is 0 Å². The van der Waals surface area contributed by atoms with Crippen LogP contribution in [-0.2, 0) is 36.9 Å². The Bertz CT molecular complexity index is 1110. The summed E-state index contributed by atoms with van der Waals surface area (Å²) in [7, 11) is 1.67. The fraction of sp³-hybridized carbons (Fsp3) is 0.588. The largest absolute Gasteiger partial charge is 0.497 e. The molecule has 3 aliphatic rings. The molecule has 0 amide bonds. The van der Waals surface area contributed by atoms with E-state index in [-0.39, 0.29) is 30.5 Å². The average Bonchev–Trinajstić information content (AvgIpc) is 2.96. The fourth-order valence-corrected chi connectivity index (χ4v) is 6.65. The maximum absolute atomic E-state index is 10.9. The van der Waals surface area contributed by atoms with Crippen LogP contribution in [-0.4, -0.2) is 66.6 Å². The third-order valence-corrected chi connectivity index (χ3v) is 8.99. The Balaban J connectivity index is 1.26. The van der Waals surface area contributed by atoms with Gasteiger partial charge in [0.2, 0.25) is 0 Å². The lowest BCUT2D eigenvalue weighted by molar-refractivity contribution is -0.360. The van der Waals surface area contributed by atoms with E-state index in [1.807, 2.05) is 42.5 Å². The highest BCUT2D eigenvalue weighted by Gasteiger charge is 2.61. The Morgan fingerprint density at radius 3 is 2.46 bits per heavy atom. The van der Waals surface area contributed by atoms with Crippen LogP contribution in [0, 0.1) is 0 Å². The van der Waals surface area contributed by atoms with Gasteiger partial charge in [-0.15, -0.1) is 6.58 Å². The minimum Gasteiger partial charge on any atom is -0.497 e. The van der Waals surface area contributed by atoms with Gasteiger partial charge in [0.05, 0.1) is 62.5 Å². The quantitative estimate of drug-likeness (QED) is 0.258. The van der Waals surface area contributed by atoms with Crippen molar-refractivity contribution in [2.75, 3.05) is 13.7 Å². The minimum atomic E-state index is -0.674. The smallest absolute Gasteiger partial charge is 0.119 e. The maximum atomic E-state index is 10.9. The van der Waals surface area contributed by atoms with Crippen LogP contribution in [0.15, 0.2) is 67.3 Å². The van der Waals surface area contributed by atoms with E-state index in [4.69, 9.17) is 28.4 Å². The molecule has 41 heavy (non-hydrogen) atoms. The number of aliphatic hydroxyl groups is 1. The molecule has 3 fully saturated rings. The zero-order chi connectivity index (χ0) is 28.9. The van der Waals surface area contributed by atoms with Crippen LogP contribution in [0.3, 0.4) is 0 Å². The molecule has 0 aromatic heterocycles. The van der Waals surface area contributed by atoms with Crippen molar-refractivity contribution < 1.29 is 33.5 Å². The molecule has 224 valence electrons. The number of hydrogen-bond donors (Lipinski definition) is 1. The van der Waals surface area contributed by atoms with Crippen LogP contribution in [0.2, 0.25) is 0 Å². The Hall–Kier alpha value is -2.26. The first-order chi connectivity index (χ1) is 19.8. The standard InChI is InChI=1S/C34H46O7/c1-5-10-29-28(35)21-33(2)30(40-29)20-32-34(3,41-33)31(38-23-25-14-16-26(36-4)17-15-25)19-27(39-32)13-9-18-37-22-24-11-7-6-8-12-24/h5-8,11-12,14-17,27-32,35H,1,9-10,13,18-23H2,2-4H3/t27-,28-,29+,30-,31+,32+,33+,34-/m0/s1. The summed E-state index contributed by atoms with van der Waals surface area (Å²) >= 11 is 0. The highest BCUT2D eigenvalue weighted by atomic mass is 16.6. The lowest BCUT2D eigenvalue weighted by Crippen LogP contribution is -2.71. The molecule has 3 heterocycles. The van der Waals surface area contributed by atoms with Crippen molar-refractivity contribution in [3.05, 3.63) is 78.4 Å². The summed E-state index contributed by atoms with van der Waals surface area (Å²) in [5.74, 6) is 0.821. The van der Waals surface area contributed by atoms with E-state index in [2.05, 4.69) is 32.6 Å². The number of aliphatic hydroxyl groups excluding tert-OH is 1. The predicted octanol–water partition coefficient (Wildman–Crippen LogP) is 5.77. The summed E-state index contributed by atoms with van der Waals surface area (Å²) < 4.78 is 38.0. The van der Waals surface area contributed by atoms with Crippen molar-refractivity contribution in [1.82, 2.24) is 0 Å². The molecule has 7 heteroatoms. The van der Waals surface area contributed by atoms with Crippen LogP contribution < -0.4 is 4.74 Å². The minimum absolute atomic E-state index is 0.0281. The van der Waals surface area contributed by atoms with E-state index in [0.717, 1.165) is 30.6 Å². The summed E-state index contributed by atoms with van der Waals surface area (Å²) in [6.07, 6.45) is 4.71. The van der Waals surface area contributed by atoms with E-state index in [1.54, 1.807) is 13.2 Å². The SMILES string of the molecule is C=CC[C@H]1O[C@H]2C[C@H]3O[C@@H](CCCOCc4ccccc4)C[C@@H](OCc4ccc(OC)cc4)[C@]3(C)O[C@]2(C)C[C@@H]1O. The monoisotopic (exact) mass is 566 g/mol. The first kappa shape index (κ1) is 30.2. The van der Waals surface area contributed by atoms with Crippen LogP contribution in [0.4, 0.5) is 0 Å². The molecule has 5 rings (SSSR count). The molecule has 8 atom stereocenters. The predicted molar refractivity (Wildman–Crippen MR) is 157 cm³/mol. The molecule has 0 bridgehead atoms. The Kier molecular flexibility index (Phi) is 9.85. The first-order valence-corrected chi connectivity index (χ1v) is 15.0. The second-order valence-electron chi connectivity index (χ2n) is 12.1. The summed E-state index contributed by atoms with van der Waals surface area (Å²) in [5.41, 5.74) is 0.948. The van der Waals surface area contributed by atoms with Gasteiger partial charge in [0.1, 0.15) is 11.4 Å². The van der Waals surface area contributed by atoms with E-state index < -0.39 is 17.3 Å². The molecule has 3 saturated heterocycles. The van der Waals surface area contributed by atoms with E-state index in [0.29, 0.717) is 39.1 Å². The van der Waals surface area contributed by atoms with Gasteiger partial charge in [-0.05, 0) is 56.4 Å². The van der Waals surface area contributed by atoms with Crippen LogP contribution in [0.1, 0.15) is 63.5 Å². The van der Waals surface area contributed by atoms with Gasteiger partial charge in [0.25, 0.3) is 0 Å². The number of rotatable bonds is 12. The van der Waals surface area contributed by atoms with Gasteiger partial charge in [0, 0.05) is 25.9 Å². The second-order valence-corrected chi connectivity index (χ2v) is 12.1. The van der Waals surface area contributed by atoms with Gasteiger partial charge in [-0.25, -0.2) is 0 Å². The topological polar surface area (TPSA) is 75.6 Å². The maximum Gasteiger partial charge on any atom is 0.119 e. The van der Waals surface area contributed by atoms with Crippen molar-refractivity contribution in [3.8, 4) is 5.75 Å².